The molecule has 6 nitrogen and oxygen atoms in total. The Hall–Kier alpha value is -2.63. The molecule has 0 fully saturated rings. The minimum Gasteiger partial charge on any atom is -0.480 e. The van der Waals surface area contributed by atoms with E-state index in [9.17, 15) is 14.4 Å². The maximum absolute atomic E-state index is 12.1. The van der Waals surface area contributed by atoms with Crippen LogP contribution in [0.4, 0.5) is 0 Å². The molecule has 21 heavy (non-hydrogen) atoms. The number of fused-ring (bicyclic) bond motifs is 1. The van der Waals surface area contributed by atoms with Gasteiger partial charge in [-0.25, -0.2) is 4.79 Å². The minimum absolute atomic E-state index is 0.200. The molecule has 2 N–H and O–H groups in total. The van der Waals surface area contributed by atoms with Gasteiger partial charge in [0.25, 0.3) is 5.91 Å². The summed E-state index contributed by atoms with van der Waals surface area (Å²) >= 11 is 0. The number of para-hydroxylation sites is 1. The van der Waals surface area contributed by atoms with Crippen LogP contribution in [0, 0.1) is 0 Å². The molecule has 0 saturated carbocycles. The fourth-order valence-electron chi connectivity index (χ4n) is 1.82. The van der Waals surface area contributed by atoms with E-state index in [1.807, 2.05) is 0 Å². The van der Waals surface area contributed by atoms with Crippen molar-refractivity contribution in [1.82, 2.24) is 5.32 Å². The zero-order valence-electron chi connectivity index (χ0n) is 11.7. The molecule has 2 rings (SSSR count). The molecule has 0 aliphatic heterocycles. The number of carboxylic acid groups (broad SMARTS) is 1. The van der Waals surface area contributed by atoms with Crippen LogP contribution >= 0.6 is 0 Å². The Morgan fingerprint density at radius 1 is 1.33 bits per heavy atom. The number of rotatable bonds is 4. The summed E-state index contributed by atoms with van der Waals surface area (Å²) in [6, 6.07) is 7.60. The van der Waals surface area contributed by atoms with Crippen molar-refractivity contribution in [3.63, 3.8) is 0 Å². The fourth-order valence-corrected chi connectivity index (χ4v) is 1.82. The predicted octanol–water partition coefficient (Wildman–Crippen LogP) is 1.78. The van der Waals surface area contributed by atoms with Gasteiger partial charge in [0.2, 0.25) is 0 Å². The van der Waals surface area contributed by atoms with Crippen LogP contribution < -0.4 is 10.7 Å². The molecule has 110 valence electrons. The number of carboxylic acids is 1. The summed E-state index contributed by atoms with van der Waals surface area (Å²) in [5.41, 5.74) is -1.49. The van der Waals surface area contributed by atoms with Crippen LogP contribution in [0.5, 0.6) is 0 Å². The maximum Gasteiger partial charge on any atom is 0.329 e. The number of carbonyl (C=O) groups is 2. The van der Waals surface area contributed by atoms with Crippen LogP contribution in [0.2, 0.25) is 0 Å². The molecule has 0 saturated heterocycles. The molecule has 1 atom stereocenters. The molecule has 1 aromatic heterocycles. The zero-order chi connectivity index (χ0) is 15.6. The Labute approximate surface area is 120 Å². The van der Waals surface area contributed by atoms with Crippen molar-refractivity contribution in [2.24, 2.45) is 0 Å². The summed E-state index contributed by atoms with van der Waals surface area (Å²) in [4.78, 5) is 35.2. The van der Waals surface area contributed by atoms with Crippen molar-refractivity contribution in [2.75, 3.05) is 0 Å². The molecule has 0 spiro atoms. The first-order valence-corrected chi connectivity index (χ1v) is 6.46. The summed E-state index contributed by atoms with van der Waals surface area (Å²) in [7, 11) is 0. The molecule has 1 aromatic carbocycles. The van der Waals surface area contributed by atoms with Crippen molar-refractivity contribution in [2.45, 2.75) is 25.8 Å². The number of benzene rings is 1. The largest absolute Gasteiger partial charge is 0.480 e. The van der Waals surface area contributed by atoms with Gasteiger partial charge in [-0.1, -0.05) is 19.1 Å². The summed E-state index contributed by atoms with van der Waals surface area (Å²) < 4.78 is 5.37. The van der Waals surface area contributed by atoms with Gasteiger partial charge in [-0.2, -0.15) is 0 Å². The highest BCUT2D eigenvalue weighted by Crippen LogP contribution is 2.14. The van der Waals surface area contributed by atoms with Crippen molar-refractivity contribution < 1.29 is 19.1 Å². The lowest BCUT2D eigenvalue weighted by molar-refractivity contribution is -0.143. The van der Waals surface area contributed by atoms with E-state index in [1.54, 1.807) is 31.2 Å². The van der Waals surface area contributed by atoms with Gasteiger partial charge in [0, 0.05) is 6.07 Å². The fraction of sp³-hybridized carbons (Fsp3) is 0.267. The Morgan fingerprint density at radius 3 is 2.62 bits per heavy atom. The van der Waals surface area contributed by atoms with E-state index in [0.29, 0.717) is 5.39 Å². The Kier molecular flexibility index (Phi) is 3.80. The van der Waals surface area contributed by atoms with E-state index in [0.717, 1.165) is 6.07 Å². The van der Waals surface area contributed by atoms with Crippen molar-refractivity contribution >= 4 is 22.8 Å². The highest BCUT2D eigenvalue weighted by molar-refractivity contribution is 5.96. The first-order valence-electron chi connectivity index (χ1n) is 6.46. The minimum atomic E-state index is -1.42. The normalized spacial score (nSPS) is 13.6. The lowest BCUT2D eigenvalue weighted by Crippen LogP contribution is -2.51. The lowest BCUT2D eigenvalue weighted by Gasteiger charge is -2.24. The second-order valence-electron chi connectivity index (χ2n) is 4.92. The van der Waals surface area contributed by atoms with Crippen LogP contribution in [-0.4, -0.2) is 22.5 Å². The summed E-state index contributed by atoms with van der Waals surface area (Å²) in [5.74, 6) is -2.09. The quantitative estimate of drug-likeness (QED) is 0.894. The third-order valence-corrected chi connectivity index (χ3v) is 3.43. The molecule has 0 aliphatic rings. The summed E-state index contributed by atoms with van der Waals surface area (Å²) in [6.45, 7) is 3.04. The monoisotopic (exact) mass is 289 g/mol. The highest BCUT2D eigenvalue weighted by Gasteiger charge is 2.33. The van der Waals surface area contributed by atoms with E-state index in [-0.39, 0.29) is 23.2 Å². The lowest BCUT2D eigenvalue weighted by atomic mass is 9.99. The number of hydrogen-bond donors (Lipinski definition) is 2. The van der Waals surface area contributed by atoms with Gasteiger partial charge < -0.3 is 14.8 Å². The van der Waals surface area contributed by atoms with Gasteiger partial charge in [-0.05, 0) is 25.5 Å². The zero-order valence-corrected chi connectivity index (χ0v) is 11.7. The van der Waals surface area contributed by atoms with E-state index < -0.39 is 17.4 Å². The van der Waals surface area contributed by atoms with Crippen molar-refractivity contribution in [3.05, 3.63) is 46.3 Å². The Morgan fingerprint density at radius 2 is 2.00 bits per heavy atom. The molecule has 1 unspecified atom stereocenters. The number of nitrogens with one attached hydrogen (secondary N) is 1. The summed E-state index contributed by atoms with van der Waals surface area (Å²) in [6.07, 6.45) is 0.200. The van der Waals surface area contributed by atoms with Crippen LogP contribution in [0.15, 0.2) is 39.5 Å². The standard InChI is InChI=1S/C15H15NO5/c1-3-15(2,14(19)20)16-13(18)12-8-10(17)9-6-4-5-7-11(9)21-12/h4-8H,3H2,1-2H3,(H,16,18)(H,19,20). The van der Waals surface area contributed by atoms with Crippen LogP contribution in [-0.2, 0) is 4.79 Å². The number of hydrogen-bond acceptors (Lipinski definition) is 4. The SMILES string of the molecule is CCC(C)(NC(=O)c1cc(=O)c2ccccc2o1)C(=O)O. The third kappa shape index (κ3) is 2.79. The highest BCUT2D eigenvalue weighted by atomic mass is 16.4. The molecule has 0 radical (unpaired) electrons. The van der Waals surface area contributed by atoms with Gasteiger partial charge in [0.1, 0.15) is 11.1 Å². The van der Waals surface area contributed by atoms with E-state index in [4.69, 9.17) is 9.52 Å². The van der Waals surface area contributed by atoms with Gasteiger partial charge in [0.05, 0.1) is 5.39 Å². The first-order chi connectivity index (χ1) is 9.87. The third-order valence-electron chi connectivity index (χ3n) is 3.43. The molecule has 1 amide bonds. The van der Waals surface area contributed by atoms with Crippen molar-refractivity contribution in [3.8, 4) is 0 Å². The molecule has 2 aromatic rings. The maximum atomic E-state index is 12.1. The van der Waals surface area contributed by atoms with Crippen molar-refractivity contribution in [1.29, 1.82) is 0 Å². The topological polar surface area (TPSA) is 96.6 Å². The second-order valence-corrected chi connectivity index (χ2v) is 4.92. The molecule has 1 heterocycles. The summed E-state index contributed by atoms with van der Waals surface area (Å²) in [5, 5.41) is 11.9. The molecule has 6 heteroatoms. The Balaban J connectivity index is 2.41. The second kappa shape index (κ2) is 5.40. The Bertz CT molecular complexity index is 764. The van der Waals surface area contributed by atoms with Gasteiger partial charge >= 0.3 is 5.97 Å². The number of aliphatic carboxylic acids is 1. The van der Waals surface area contributed by atoms with Crippen LogP contribution in [0.25, 0.3) is 11.0 Å². The predicted molar refractivity (Wildman–Crippen MR) is 76.3 cm³/mol. The molecule has 0 aliphatic carbocycles. The van der Waals surface area contributed by atoms with Gasteiger partial charge in [0.15, 0.2) is 11.2 Å². The van der Waals surface area contributed by atoms with Gasteiger partial charge in [-0.15, -0.1) is 0 Å². The first kappa shape index (κ1) is 14.8. The number of carbonyl (C=O) groups excluding carboxylic acids is 1. The molecular formula is C15H15NO5. The average Bonchev–Trinajstić information content (AvgIpc) is 2.46. The van der Waals surface area contributed by atoms with Gasteiger partial charge in [-0.3, -0.25) is 9.59 Å². The average molecular weight is 289 g/mol. The van der Waals surface area contributed by atoms with Crippen LogP contribution in [0.1, 0.15) is 30.8 Å². The van der Waals surface area contributed by atoms with E-state index >= 15 is 0 Å². The smallest absolute Gasteiger partial charge is 0.329 e. The van der Waals surface area contributed by atoms with E-state index in [1.165, 1.54) is 6.92 Å². The van der Waals surface area contributed by atoms with E-state index in [2.05, 4.69) is 5.32 Å². The number of amides is 1. The molecular weight excluding hydrogens is 274 g/mol. The molecule has 0 bridgehead atoms. The van der Waals surface area contributed by atoms with Crippen LogP contribution in [0.3, 0.4) is 0 Å².